The van der Waals surface area contributed by atoms with Crippen LogP contribution in [-0.4, -0.2) is 44.7 Å². The fourth-order valence-corrected chi connectivity index (χ4v) is 3.28. The number of rotatable bonds is 6. The largest absolute Gasteiger partial charge is 0.493 e. The molecule has 1 saturated heterocycles. The van der Waals surface area contributed by atoms with Gasteiger partial charge in [0.15, 0.2) is 11.5 Å². The highest BCUT2D eigenvalue weighted by molar-refractivity contribution is 5.95. The molecule has 1 aliphatic rings. The summed E-state index contributed by atoms with van der Waals surface area (Å²) < 4.78 is 29.2. The van der Waals surface area contributed by atoms with E-state index in [2.05, 4.69) is 0 Å². The van der Waals surface area contributed by atoms with Crippen LogP contribution < -0.4 is 14.2 Å². The Labute approximate surface area is 158 Å². The minimum absolute atomic E-state index is 0.0255. The van der Waals surface area contributed by atoms with Gasteiger partial charge in [0.1, 0.15) is 11.6 Å². The van der Waals surface area contributed by atoms with Gasteiger partial charge in [-0.05, 0) is 55.3 Å². The molecule has 0 saturated carbocycles. The zero-order valence-corrected chi connectivity index (χ0v) is 15.6. The van der Waals surface area contributed by atoms with Crippen LogP contribution in [-0.2, 0) is 0 Å². The normalized spacial score (nSPS) is 16.7. The highest BCUT2D eigenvalue weighted by Crippen LogP contribution is 2.29. The van der Waals surface area contributed by atoms with Crippen molar-refractivity contribution in [3.8, 4) is 17.2 Å². The average Bonchev–Trinajstić information content (AvgIpc) is 2.72. The quantitative estimate of drug-likeness (QED) is 0.773. The summed E-state index contributed by atoms with van der Waals surface area (Å²) in [4.78, 5) is 14.7. The average molecular weight is 373 g/mol. The van der Waals surface area contributed by atoms with E-state index in [-0.39, 0.29) is 17.6 Å². The fourth-order valence-electron chi connectivity index (χ4n) is 3.28. The van der Waals surface area contributed by atoms with E-state index in [1.165, 1.54) is 12.1 Å². The lowest BCUT2D eigenvalue weighted by atomic mass is 9.98. The third-order valence-corrected chi connectivity index (χ3v) is 4.74. The SMILES string of the molecule is COc1ccc(C(=O)N2CCCC(COc3ccc(F)cc3)C2)cc1OC. The smallest absolute Gasteiger partial charge is 0.254 e. The van der Waals surface area contributed by atoms with Crippen LogP contribution in [0.25, 0.3) is 0 Å². The van der Waals surface area contributed by atoms with Gasteiger partial charge in [-0.25, -0.2) is 4.39 Å². The standard InChI is InChI=1S/C21H24FNO4/c1-25-19-10-5-16(12-20(19)26-2)21(24)23-11-3-4-15(13-23)14-27-18-8-6-17(22)7-9-18/h5-10,12,15H,3-4,11,13-14H2,1-2H3. The molecule has 0 N–H and O–H groups in total. The van der Waals surface area contributed by atoms with E-state index in [0.717, 1.165) is 19.4 Å². The van der Waals surface area contributed by atoms with Crippen LogP contribution >= 0.6 is 0 Å². The van der Waals surface area contributed by atoms with Gasteiger partial charge in [0, 0.05) is 24.6 Å². The first-order valence-electron chi connectivity index (χ1n) is 9.00. The molecule has 0 bridgehead atoms. The Hall–Kier alpha value is -2.76. The van der Waals surface area contributed by atoms with Gasteiger partial charge in [-0.2, -0.15) is 0 Å². The fraction of sp³-hybridized carbons (Fsp3) is 0.381. The van der Waals surface area contributed by atoms with Crippen LogP contribution in [0.4, 0.5) is 4.39 Å². The maximum absolute atomic E-state index is 13.0. The number of carbonyl (C=O) groups is 1. The summed E-state index contributed by atoms with van der Waals surface area (Å²) in [6.07, 6.45) is 1.92. The summed E-state index contributed by atoms with van der Waals surface area (Å²) in [6.45, 7) is 1.86. The molecule has 27 heavy (non-hydrogen) atoms. The van der Waals surface area contributed by atoms with Gasteiger partial charge in [-0.1, -0.05) is 0 Å². The second-order valence-electron chi connectivity index (χ2n) is 6.59. The molecule has 5 nitrogen and oxygen atoms in total. The predicted octanol–water partition coefficient (Wildman–Crippen LogP) is 3.77. The van der Waals surface area contributed by atoms with Crippen molar-refractivity contribution in [1.29, 1.82) is 0 Å². The Bertz CT molecular complexity index is 778. The number of benzene rings is 2. The number of methoxy groups -OCH3 is 2. The Morgan fingerprint density at radius 2 is 1.85 bits per heavy atom. The molecule has 0 aromatic heterocycles. The molecular formula is C21H24FNO4. The first-order valence-corrected chi connectivity index (χ1v) is 9.00. The van der Waals surface area contributed by atoms with Gasteiger partial charge in [0.2, 0.25) is 0 Å². The first kappa shape index (κ1) is 19.0. The van der Waals surface area contributed by atoms with Crippen molar-refractivity contribution in [2.24, 2.45) is 5.92 Å². The number of carbonyl (C=O) groups excluding carboxylic acids is 1. The lowest BCUT2D eigenvalue weighted by molar-refractivity contribution is 0.0633. The van der Waals surface area contributed by atoms with Crippen molar-refractivity contribution in [1.82, 2.24) is 4.90 Å². The van der Waals surface area contributed by atoms with Crippen molar-refractivity contribution in [3.05, 3.63) is 53.8 Å². The molecule has 0 radical (unpaired) electrons. The van der Waals surface area contributed by atoms with Gasteiger partial charge in [-0.15, -0.1) is 0 Å². The lowest BCUT2D eigenvalue weighted by Crippen LogP contribution is -2.41. The minimum Gasteiger partial charge on any atom is -0.493 e. The molecular weight excluding hydrogens is 349 g/mol. The second-order valence-corrected chi connectivity index (χ2v) is 6.59. The van der Waals surface area contributed by atoms with Gasteiger partial charge >= 0.3 is 0 Å². The summed E-state index contributed by atoms with van der Waals surface area (Å²) in [5.41, 5.74) is 0.577. The maximum Gasteiger partial charge on any atom is 0.254 e. The van der Waals surface area contributed by atoms with Crippen LogP contribution in [0.15, 0.2) is 42.5 Å². The summed E-state index contributed by atoms with van der Waals surface area (Å²) in [7, 11) is 3.12. The van der Waals surface area contributed by atoms with Gasteiger partial charge in [-0.3, -0.25) is 4.79 Å². The topological polar surface area (TPSA) is 48.0 Å². The number of piperidine rings is 1. The third kappa shape index (κ3) is 4.70. The van der Waals surface area contributed by atoms with E-state index < -0.39 is 0 Å². The molecule has 1 amide bonds. The molecule has 1 unspecified atom stereocenters. The Morgan fingerprint density at radius 3 is 2.56 bits per heavy atom. The van der Waals surface area contributed by atoms with Gasteiger partial charge < -0.3 is 19.1 Å². The number of hydrogen-bond acceptors (Lipinski definition) is 4. The molecule has 6 heteroatoms. The molecule has 1 atom stereocenters. The van der Waals surface area contributed by atoms with E-state index >= 15 is 0 Å². The van der Waals surface area contributed by atoms with E-state index in [1.807, 2.05) is 4.90 Å². The van der Waals surface area contributed by atoms with Crippen LogP contribution in [0, 0.1) is 11.7 Å². The van der Waals surface area contributed by atoms with Crippen molar-refractivity contribution in [2.75, 3.05) is 33.9 Å². The van der Waals surface area contributed by atoms with E-state index in [1.54, 1.807) is 44.6 Å². The molecule has 0 spiro atoms. The Morgan fingerprint density at radius 1 is 1.11 bits per heavy atom. The highest BCUT2D eigenvalue weighted by atomic mass is 19.1. The summed E-state index contributed by atoms with van der Waals surface area (Å²) >= 11 is 0. The molecule has 2 aromatic carbocycles. The number of amides is 1. The van der Waals surface area contributed by atoms with Crippen molar-refractivity contribution < 1.29 is 23.4 Å². The summed E-state index contributed by atoms with van der Waals surface area (Å²) in [5, 5.41) is 0. The molecule has 1 aliphatic heterocycles. The Balaban J connectivity index is 1.61. The monoisotopic (exact) mass is 373 g/mol. The highest BCUT2D eigenvalue weighted by Gasteiger charge is 2.25. The van der Waals surface area contributed by atoms with Crippen LogP contribution in [0.3, 0.4) is 0 Å². The lowest BCUT2D eigenvalue weighted by Gasteiger charge is -2.32. The zero-order valence-electron chi connectivity index (χ0n) is 15.6. The molecule has 1 fully saturated rings. The molecule has 1 heterocycles. The maximum atomic E-state index is 13.0. The summed E-state index contributed by atoms with van der Waals surface area (Å²) in [5.74, 6) is 1.71. The van der Waals surface area contributed by atoms with E-state index in [0.29, 0.717) is 36.0 Å². The van der Waals surface area contributed by atoms with Gasteiger partial charge in [0.25, 0.3) is 5.91 Å². The first-order chi connectivity index (χ1) is 13.1. The molecule has 0 aliphatic carbocycles. The minimum atomic E-state index is -0.285. The molecule has 2 aromatic rings. The van der Waals surface area contributed by atoms with Gasteiger partial charge in [0.05, 0.1) is 20.8 Å². The van der Waals surface area contributed by atoms with E-state index in [9.17, 15) is 9.18 Å². The van der Waals surface area contributed by atoms with E-state index in [4.69, 9.17) is 14.2 Å². The van der Waals surface area contributed by atoms with Crippen LogP contribution in [0.5, 0.6) is 17.2 Å². The number of nitrogens with zero attached hydrogens (tertiary/aromatic N) is 1. The van der Waals surface area contributed by atoms with Crippen LogP contribution in [0.1, 0.15) is 23.2 Å². The molecule has 144 valence electrons. The predicted molar refractivity (Wildman–Crippen MR) is 100 cm³/mol. The number of hydrogen-bond donors (Lipinski definition) is 0. The molecule has 3 rings (SSSR count). The zero-order chi connectivity index (χ0) is 19.2. The van der Waals surface area contributed by atoms with Crippen LogP contribution in [0.2, 0.25) is 0 Å². The summed E-state index contributed by atoms with van der Waals surface area (Å²) in [6, 6.07) is 11.2. The Kier molecular flexibility index (Phi) is 6.16. The van der Waals surface area contributed by atoms with Crippen molar-refractivity contribution in [3.63, 3.8) is 0 Å². The van der Waals surface area contributed by atoms with Crippen molar-refractivity contribution >= 4 is 5.91 Å². The third-order valence-electron chi connectivity index (χ3n) is 4.74. The second kappa shape index (κ2) is 8.75. The number of halogens is 1. The number of likely N-dealkylation sites (tertiary alicyclic amines) is 1. The van der Waals surface area contributed by atoms with Crippen molar-refractivity contribution in [2.45, 2.75) is 12.8 Å². The number of ether oxygens (including phenoxy) is 3.